The highest BCUT2D eigenvalue weighted by atomic mass is 16.5. The molecule has 0 atom stereocenters. The van der Waals surface area contributed by atoms with Crippen molar-refractivity contribution in [2.24, 2.45) is 5.10 Å². The normalized spacial score (nSPS) is 10.6. The first-order chi connectivity index (χ1) is 13.7. The van der Waals surface area contributed by atoms with Crippen molar-refractivity contribution in [3.63, 3.8) is 0 Å². The molecule has 28 heavy (non-hydrogen) atoms. The van der Waals surface area contributed by atoms with Gasteiger partial charge in [0, 0.05) is 11.1 Å². The average Bonchev–Trinajstić information content (AvgIpc) is 2.75. The Morgan fingerprint density at radius 3 is 2.68 bits per heavy atom. The zero-order chi connectivity index (χ0) is 19.8. The molecule has 0 fully saturated rings. The Morgan fingerprint density at radius 2 is 1.93 bits per heavy atom. The number of nitrogens with zero attached hydrogens (tertiary/aromatic N) is 3. The third-order valence-corrected chi connectivity index (χ3v) is 3.84. The number of rotatable bonds is 7. The van der Waals surface area contributed by atoms with Gasteiger partial charge in [-0.2, -0.15) is 5.10 Å². The van der Waals surface area contributed by atoms with Crippen LogP contribution in [0.5, 0.6) is 11.5 Å². The molecule has 0 bridgehead atoms. The average molecular weight is 376 g/mol. The minimum Gasteiger partial charge on any atom is -0.497 e. The fraction of sp³-hybridized carbons (Fsp3) is 0.143. The molecule has 0 aliphatic carbocycles. The maximum atomic E-state index is 12.4. The number of hydrazone groups is 1. The number of ether oxygens (including phenoxy) is 2. The van der Waals surface area contributed by atoms with Gasteiger partial charge in [0.25, 0.3) is 5.91 Å². The van der Waals surface area contributed by atoms with Crippen molar-refractivity contribution in [3.8, 4) is 22.8 Å². The predicted molar refractivity (Wildman–Crippen MR) is 107 cm³/mol. The predicted octanol–water partition coefficient (Wildman–Crippen LogP) is 3.31. The molecule has 0 saturated carbocycles. The summed E-state index contributed by atoms with van der Waals surface area (Å²) in [5.74, 6) is 0.990. The number of hydrogen-bond acceptors (Lipinski definition) is 6. The number of carbonyl (C=O) groups is 1. The second kappa shape index (κ2) is 9.27. The summed E-state index contributed by atoms with van der Waals surface area (Å²) >= 11 is 0. The van der Waals surface area contributed by atoms with E-state index >= 15 is 0 Å². The summed E-state index contributed by atoms with van der Waals surface area (Å²) in [4.78, 5) is 20.8. The zero-order valence-corrected chi connectivity index (χ0v) is 15.6. The summed E-state index contributed by atoms with van der Waals surface area (Å²) in [6, 6.07) is 14.8. The molecule has 1 amide bonds. The highest BCUT2D eigenvalue weighted by Gasteiger charge is 2.09. The lowest BCUT2D eigenvalue weighted by molar-refractivity contribution is 0.0950. The summed E-state index contributed by atoms with van der Waals surface area (Å²) in [6.07, 6.45) is 4.52. The van der Waals surface area contributed by atoms with Gasteiger partial charge in [0.15, 0.2) is 0 Å². The quantitative estimate of drug-likeness (QED) is 0.505. The SMILES string of the molecule is CCOc1ccccc1C=NNC(=O)c1cncc(-c2ccc(OC)cc2)n1. The lowest BCUT2D eigenvalue weighted by Gasteiger charge is -2.06. The molecule has 0 saturated heterocycles. The van der Waals surface area contributed by atoms with Gasteiger partial charge in [-0.05, 0) is 43.3 Å². The Hall–Kier alpha value is -3.74. The van der Waals surface area contributed by atoms with Gasteiger partial charge < -0.3 is 9.47 Å². The summed E-state index contributed by atoms with van der Waals surface area (Å²) in [5, 5.41) is 4.00. The van der Waals surface area contributed by atoms with Crippen LogP contribution in [0, 0.1) is 0 Å². The van der Waals surface area contributed by atoms with E-state index in [-0.39, 0.29) is 5.69 Å². The Morgan fingerprint density at radius 1 is 1.14 bits per heavy atom. The van der Waals surface area contributed by atoms with Crippen molar-refractivity contribution in [1.82, 2.24) is 15.4 Å². The zero-order valence-electron chi connectivity index (χ0n) is 15.6. The molecule has 7 heteroatoms. The molecule has 3 aromatic rings. The molecule has 7 nitrogen and oxygen atoms in total. The van der Waals surface area contributed by atoms with Crippen molar-refractivity contribution < 1.29 is 14.3 Å². The number of hydrogen-bond donors (Lipinski definition) is 1. The maximum absolute atomic E-state index is 12.4. The lowest BCUT2D eigenvalue weighted by Crippen LogP contribution is -2.19. The minimum absolute atomic E-state index is 0.170. The number of aromatic nitrogens is 2. The highest BCUT2D eigenvalue weighted by Crippen LogP contribution is 2.20. The summed E-state index contributed by atoms with van der Waals surface area (Å²) in [7, 11) is 1.60. The van der Waals surface area contributed by atoms with Crippen LogP contribution in [0.15, 0.2) is 66.0 Å². The second-order valence-corrected chi connectivity index (χ2v) is 5.69. The summed E-state index contributed by atoms with van der Waals surface area (Å²) < 4.78 is 10.7. The van der Waals surface area contributed by atoms with Gasteiger partial charge in [0.05, 0.1) is 38.0 Å². The number of carbonyl (C=O) groups excluding carboxylic acids is 1. The molecule has 2 aromatic carbocycles. The molecule has 0 spiro atoms. The number of amides is 1. The van der Waals surface area contributed by atoms with Crippen molar-refractivity contribution in [1.29, 1.82) is 0 Å². The molecule has 3 rings (SSSR count). The van der Waals surface area contributed by atoms with Gasteiger partial charge in [-0.25, -0.2) is 10.4 Å². The molecule has 1 heterocycles. The monoisotopic (exact) mass is 376 g/mol. The van der Waals surface area contributed by atoms with E-state index in [1.807, 2.05) is 55.5 Å². The van der Waals surface area contributed by atoms with Crippen molar-refractivity contribution in [2.75, 3.05) is 13.7 Å². The van der Waals surface area contributed by atoms with E-state index in [1.165, 1.54) is 12.4 Å². The van der Waals surface area contributed by atoms with Crippen LogP contribution in [-0.4, -0.2) is 35.8 Å². The molecule has 1 N–H and O–H groups in total. The van der Waals surface area contributed by atoms with E-state index in [1.54, 1.807) is 13.3 Å². The van der Waals surface area contributed by atoms with Crippen LogP contribution < -0.4 is 14.9 Å². The Bertz CT molecular complexity index is 971. The number of nitrogens with one attached hydrogen (secondary N) is 1. The molecule has 0 aliphatic heterocycles. The topological polar surface area (TPSA) is 85.7 Å². The van der Waals surface area contributed by atoms with Crippen molar-refractivity contribution in [2.45, 2.75) is 6.92 Å². The first kappa shape index (κ1) is 19.0. The fourth-order valence-electron chi connectivity index (χ4n) is 2.47. The van der Waals surface area contributed by atoms with E-state index in [0.717, 1.165) is 16.9 Å². The Kier molecular flexibility index (Phi) is 6.30. The Balaban J connectivity index is 1.71. The number of benzene rings is 2. The van der Waals surface area contributed by atoms with Crippen LogP contribution in [0.4, 0.5) is 0 Å². The Labute approximate surface area is 163 Å². The highest BCUT2D eigenvalue weighted by molar-refractivity contribution is 5.93. The first-order valence-corrected chi connectivity index (χ1v) is 8.73. The van der Waals surface area contributed by atoms with E-state index < -0.39 is 5.91 Å². The second-order valence-electron chi connectivity index (χ2n) is 5.69. The molecular weight excluding hydrogens is 356 g/mol. The first-order valence-electron chi connectivity index (χ1n) is 8.73. The van der Waals surface area contributed by atoms with Gasteiger partial charge in [0.2, 0.25) is 0 Å². The van der Waals surface area contributed by atoms with Gasteiger partial charge in [-0.1, -0.05) is 12.1 Å². The van der Waals surface area contributed by atoms with Gasteiger partial charge in [-0.15, -0.1) is 0 Å². The van der Waals surface area contributed by atoms with Gasteiger partial charge in [0.1, 0.15) is 17.2 Å². The van der Waals surface area contributed by atoms with E-state index in [2.05, 4.69) is 20.5 Å². The number of methoxy groups -OCH3 is 1. The smallest absolute Gasteiger partial charge is 0.291 e. The van der Waals surface area contributed by atoms with Crippen LogP contribution in [0.3, 0.4) is 0 Å². The summed E-state index contributed by atoms with van der Waals surface area (Å²) in [6.45, 7) is 2.45. The third-order valence-electron chi connectivity index (χ3n) is 3.84. The van der Waals surface area contributed by atoms with E-state index in [0.29, 0.717) is 18.1 Å². The third kappa shape index (κ3) is 4.70. The molecule has 1 aromatic heterocycles. The van der Waals surface area contributed by atoms with Crippen molar-refractivity contribution >= 4 is 12.1 Å². The standard InChI is InChI=1S/C21H20N4O3/c1-3-28-20-7-5-4-6-16(20)12-23-25-21(26)19-14-22-13-18(24-19)15-8-10-17(27-2)11-9-15/h4-14H,3H2,1-2H3,(H,25,26). The molecule has 0 radical (unpaired) electrons. The van der Waals surface area contributed by atoms with Crippen molar-refractivity contribution in [3.05, 3.63) is 72.2 Å². The van der Waals surface area contributed by atoms with Gasteiger partial charge in [-0.3, -0.25) is 9.78 Å². The van der Waals surface area contributed by atoms with Crippen LogP contribution in [0.25, 0.3) is 11.3 Å². The van der Waals surface area contributed by atoms with Crippen LogP contribution >= 0.6 is 0 Å². The summed E-state index contributed by atoms with van der Waals surface area (Å²) in [5.41, 5.74) is 4.82. The maximum Gasteiger partial charge on any atom is 0.291 e. The molecular formula is C21H20N4O3. The van der Waals surface area contributed by atoms with Crippen LogP contribution in [-0.2, 0) is 0 Å². The van der Waals surface area contributed by atoms with Gasteiger partial charge >= 0.3 is 0 Å². The van der Waals surface area contributed by atoms with Crippen LogP contribution in [0.2, 0.25) is 0 Å². The largest absolute Gasteiger partial charge is 0.497 e. The molecule has 0 aliphatic rings. The molecule has 142 valence electrons. The number of para-hydroxylation sites is 1. The van der Waals surface area contributed by atoms with E-state index in [9.17, 15) is 4.79 Å². The molecule has 0 unspecified atom stereocenters. The van der Waals surface area contributed by atoms with E-state index in [4.69, 9.17) is 9.47 Å². The fourth-order valence-corrected chi connectivity index (χ4v) is 2.47. The minimum atomic E-state index is -0.451. The van der Waals surface area contributed by atoms with Crippen LogP contribution in [0.1, 0.15) is 23.0 Å². The lowest BCUT2D eigenvalue weighted by atomic mass is 10.1.